The van der Waals surface area contributed by atoms with Crippen LogP contribution in [0.4, 0.5) is 0 Å². The molecule has 0 saturated heterocycles. The highest BCUT2D eigenvalue weighted by atomic mass is 16.5. The number of hydrogen-bond acceptors (Lipinski definition) is 3. The summed E-state index contributed by atoms with van der Waals surface area (Å²) in [7, 11) is 1.68. The van der Waals surface area contributed by atoms with E-state index in [0.29, 0.717) is 6.04 Å². The van der Waals surface area contributed by atoms with E-state index < -0.39 is 0 Å². The zero-order chi connectivity index (χ0) is 13.7. The van der Waals surface area contributed by atoms with Gasteiger partial charge in [0.25, 0.3) is 0 Å². The summed E-state index contributed by atoms with van der Waals surface area (Å²) in [4.78, 5) is 4.39. The SMILES string of the molecule is COc1ccc(Cn2ccnc2CNC(C)C)cc1. The van der Waals surface area contributed by atoms with E-state index in [4.69, 9.17) is 4.74 Å². The maximum absolute atomic E-state index is 5.16. The Morgan fingerprint density at radius 3 is 2.63 bits per heavy atom. The van der Waals surface area contributed by atoms with Gasteiger partial charge in [0, 0.05) is 25.0 Å². The second-order valence-corrected chi connectivity index (χ2v) is 4.86. The van der Waals surface area contributed by atoms with Crippen LogP contribution in [0.1, 0.15) is 25.2 Å². The van der Waals surface area contributed by atoms with Gasteiger partial charge in [-0.1, -0.05) is 26.0 Å². The number of hydrogen-bond donors (Lipinski definition) is 1. The molecule has 0 spiro atoms. The van der Waals surface area contributed by atoms with Crippen molar-refractivity contribution in [2.75, 3.05) is 7.11 Å². The Bertz CT molecular complexity index is 502. The molecule has 2 rings (SSSR count). The van der Waals surface area contributed by atoms with E-state index in [1.54, 1.807) is 7.11 Å². The second kappa shape index (κ2) is 6.38. The zero-order valence-electron chi connectivity index (χ0n) is 11.8. The normalized spacial score (nSPS) is 10.9. The average Bonchev–Trinajstić information content (AvgIpc) is 2.84. The molecule has 1 aromatic heterocycles. The predicted molar refractivity (Wildman–Crippen MR) is 76.3 cm³/mol. The van der Waals surface area contributed by atoms with Gasteiger partial charge in [0.1, 0.15) is 11.6 Å². The molecule has 1 heterocycles. The Balaban J connectivity index is 2.03. The van der Waals surface area contributed by atoms with E-state index >= 15 is 0 Å². The highest BCUT2D eigenvalue weighted by molar-refractivity contribution is 5.27. The van der Waals surface area contributed by atoms with Crippen LogP contribution < -0.4 is 10.1 Å². The molecule has 0 atom stereocenters. The molecule has 0 bridgehead atoms. The topological polar surface area (TPSA) is 39.1 Å². The standard InChI is InChI=1S/C15H21N3O/c1-12(2)17-10-15-16-8-9-18(15)11-13-4-6-14(19-3)7-5-13/h4-9,12,17H,10-11H2,1-3H3. The first kappa shape index (κ1) is 13.6. The van der Waals surface area contributed by atoms with Crippen LogP contribution >= 0.6 is 0 Å². The van der Waals surface area contributed by atoms with E-state index in [1.165, 1.54) is 5.56 Å². The van der Waals surface area contributed by atoms with Crippen molar-refractivity contribution in [3.05, 3.63) is 48.0 Å². The Morgan fingerprint density at radius 1 is 1.26 bits per heavy atom. The third-order valence-corrected chi connectivity index (χ3v) is 2.98. The van der Waals surface area contributed by atoms with Crippen LogP contribution in [0.25, 0.3) is 0 Å². The third-order valence-electron chi connectivity index (χ3n) is 2.98. The molecule has 0 aliphatic heterocycles. The lowest BCUT2D eigenvalue weighted by atomic mass is 10.2. The number of ether oxygens (including phenoxy) is 1. The molecule has 0 fully saturated rings. The number of methoxy groups -OCH3 is 1. The van der Waals surface area contributed by atoms with Gasteiger partial charge in [-0.2, -0.15) is 0 Å². The van der Waals surface area contributed by atoms with E-state index in [1.807, 2.05) is 24.5 Å². The minimum Gasteiger partial charge on any atom is -0.497 e. The van der Waals surface area contributed by atoms with E-state index in [-0.39, 0.29) is 0 Å². The van der Waals surface area contributed by atoms with Gasteiger partial charge in [-0.15, -0.1) is 0 Å². The number of imidazole rings is 1. The van der Waals surface area contributed by atoms with Gasteiger partial charge < -0.3 is 14.6 Å². The molecule has 19 heavy (non-hydrogen) atoms. The summed E-state index contributed by atoms with van der Waals surface area (Å²) in [5, 5.41) is 3.39. The number of nitrogens with zero attached hydrogens (tertiary/aromatic N) is 2. The molecule has 1 aromatic carbocycles. The van der Waals surface area contributed by atoms with Crippen molar-refractivity contribution in [3.8, 4) is 5.75 Å². The van der Waals surface area contributed by atoms with Crippen LogP contribution in [0.5, 0.6) is 5.75 Å². The lowest BCUT2D eigenvalue weighted by Crippen LogP contribution is -2.24. The van der Waals surface area contributed by atoms with Crippen LogP contribution in [-0.2, 0) is 13.1 Å². The van der Waals surface area contributed by atoms with Crippen LogP contribution in [-0.4, -0.2) is 22.7 Å². The van der Waals surface area contributed by atoms with E-state index in [9.17, 15) is 0 Å². The molecule has 0 radical (unpaired) electrons. The van der Waals surface area contributed by atoms with Gasteiger partial charge >= 0.3 is 0 Å². The van der Waals surface area contributed by atoms with Crippen molar-refractivity contribution < 1.29 is 4.74 Å². The number of benzene rings is 1. The Labute approximate surface area is 114 Å². The van der Waals surface area contributed by atoms with Crippen molar-refractivity contribution >= 4 is 0 Å². The molecular formula is C15H21N3O. The molecule has 0 amide bonds. The highest BCUT2D eigenvalue weighted by Gasteiger charge is 2.04. The lowest BCUT2D eigenvalue weighted by Gasteiger charge is -2.11. The molecule has 4 heteroatoms. The zero-order valence-corrected chi connectivity index (χ0v) is 11.8. The molecule has 1 N–H and O–H groups in total. The van der Waals surface area contributed by atoms with E-state index in [0.717, 1.165) is 24.7 Å². The van der Waals surface area contributed by atoms with Crippen LogP contribution in [0, 0.1) is 0 Å². The van der Waals surface area contributed by atoms with Crippen molar-refractivity contribution in [1.82, 2.24) is 14.9 Å². The van der Waals surface area contributed by atoms with Crippen LogP contribution in [0.2, 0.25) is 0 Å². The smallest absolute Gasteiger partial charge is 0.122 e. The summed E-state index contributed by atoms with van der Waals surface area (Å²) >= 11 is 0. The number of nitrogens with one attached hydrogen (secondary N) is 1. The van der Waals surface area contributed by atoms with Crippen LogP contribution in [0.3, 0.4) is 0 Å². The van der Waals surface area contributed by atoms with E-state index in [2.05, 4.69) is 40.8 Å². The third kappa shape index (κ3) is 3.83. The van der Waals surface area contributed by atoms with Gasteiger partial charge in [0.15, 0.2) is 0 Å². The van der Waals surface area contributed by atoms with Crippen molar-refractivity contribution in [2.45, 2.75) is 33.0 Å². The predicted octanol–water partition coefficient (Wildman–Crippen LogP) is 2.44. The monoisotopic (exact) mass is 259 g/mol. The maximum atomic E-state index is 5.16. The molecule has 0 unspecified atom stereocenters. The van der Waals surface area contributed by atoms with Gasteiger partial charge in [0.2, 0.25) is 0 Å². The molecule has 0 aliphatic carbocycles. The Morgan fingerprint density at radius 2 is 2.00 bits per heavy atom. The number of rotatable bonds is 6. The summed E-state index contributed by atoms with van der Waals surface area (Å²) < 4.78 is 7.33. The fraction of sp³-hybridized carbons (Fsp3) is 0.400. The van der Waals surface area contributed by atoms with Gasteiger partial charge in [-0.3, -0.25) is 0 Å². The Kier molecular flexibility index (Phi) is 4.58. The largest absolute Gasteiger partial charge is 0.497 e. The summed E-state index contributed by atoms with van der Waals surface area (Å²) in [6.45, 7) is 5.90. The van der Waals surface area contributed by atoms with Gasteiger partial charge in [0.05, 0.1) is 13.7 Å². The van der Waals surface area contributed by atoms with Crippen molar-refractivity contribution in [2.24, 2.45) is 0 Å². The summed E-state index contributed by atoms with van der Waals surface area (Å²) in [6, 6.07) is 8.60. The number of aromatic nitrogens is 2. The second-order valence-electron chi connectivity index (χ2n) is 4.86. The van der Waals surface area contributed by atoms with Crippen molar-refractivity contribution in [3.63, 3.8) is 0 Å². The highest BCUT2D eigenvalue weighted by Crippen LogP contribution is 2.13. The molecule has 0 aliphatic rings. The fourth-order valence-corrected chi connectivity index (χ4v) is 1.87. The molecule has 4 nitrogen and oxygen atoms in total. The summed E-state index contributed by atoms with van der Waals surface area (Å²) in [5.74, 6) is 1.94. The fourth-order valence-electron chi connectivity index (χ4n) is 1.87. The Hall–Kier alpha value is -1.81. The first-order valence-corrected chi connectivity index (χ1v) is 6.55. The quantitative estimate of drug-likeness (QED) is 0.866. The average molecular weight is 259 g/mol. The summed E-state index contributed by atoms with van der Waals surface area (Å²) in [6.07, 6.45) is 3.86. The first-order chi connectivity index (χ1) is 9.19. The summed E-state index contributed by atoms with van der Waals surface area (Å²) in [5.41, 5.74) is 1.24. The minimum absolute atomic E-state index is 0.464. The molecular weight excluding hydrogens is 238 g/mol. The van der Waals surface area contributed by atoms with Gasteiger partial charge in [-0.05, 0) is 17.7 Å². The maximum Gasteiger partial charge on any atom is 0.122 e. The first-order valence-electron chi connectivity index (χ1n) is 6.55. The molecule has 102 valence electrons. The van der Waals surface area contributed by atoms with Gasteiger partial charge in [-0.25, -0.2) is 4.98 Å². The lowest BCUT2D eigenvalue weighted by molar-refractivity contribution is 0.414. The minimum atomic E-state index is 0.464. The van der Waals surface area contributed by atoms with Crippen molar-refractivity contribution in [1.29, 1.82) is 0 Å². The molecule has 0 saturated carbocycles. The molecule has 2 aromatic rings. The van der Waals surface area contributed by atoms with Crippen LogP contribution in [0.15, 0.2) is 36.7 Å².